The van der Waals surface area contributed by atoms with Crippen LogP contribution in [-0.4, -0.2) is 37.7 Å². The largest absolute Gasteiger partial charge is 0.334 e. The summed E-state index contributed by atoms with van der Waals surface area (Å²) in [6.07, 6.45) is 4.44. The predicted octanol–water partition coefficient (Wildman–Crippen LogP) is 2.14. The Labute approximate surface area is 136 Å². The molecule has 1 saturated heterocycles. The highest BCUT2D eigenvalue weighted by atomic mass is 16.2. The van der Waals surface area contributed by atoms with Crippen LogP contribution in [-0.2, 0) is 24.2 Å². The van der Waals surface area contributed by atoms with Gasteiger partial charge in [0.1, 0.15) is 11.6 Å². The second kappa shape index (κ2) is 5.80. The zero-order valence-electron chi connectivity index (χ0n) is 13.5. The summed E-state index contributed by atoms with van der Waals surface area (Å²) in [6.45, 7) is 2.85. The van der Waals surface area contributed by atoms with Crippen LogP contribution in [0, 0.1) is 6.92 Å². The van der Waals surface area contributed by atoms with Crippen LogP contribution in [0.15, 0.2) is 30.3 Å². The smallest absolute Gasteiger partial charge is 0.223 e. The molecule has 0 saturated carbocycles. The summed E-state index contributed by atoms with van der Waals surface area (Å²) >= 11 is 0. The van der Waals surface area contributed by atoms with Gasteiger partial charge in [-0.3, -0.25) is 4.79 Å². The first kappa shape index (κ1) is 14.4. The molecule has 23 heavy (non-hydrogen) atoms. The van der Waals surface area contributed by atoms with Gasteiger partial charge in [-0.1, -0.05) is 30.3 Å². The molecule has 2 aliphatic heterocycles. The van der Waals surface area contributed by atoms with Crippen molar-refractivity contribution in [2.24, 2.45) is 0 Å². The van der Waals surface area contributed by atoms with Gasteiger partial charge in [0.15, 0.2) is 0 Å². The number of hydrogen-bond donors (Lipinski definition) is 0. The summed E-state index contributed by atoms with van der Waals surface area (Å²) in [6, 6.07) is 10.9. The molecule has 2 bridgehead atoms. The number of nitrogens with zero attached hydrogens (tertiary/aromatic N) is 4. The summed E-state index contributed by atoms with van der Waals surface area (Å²) < 4.78 is 2.20. The van der Waals surface area contributed by atoms with E-state index in [1.165, 1.54) is 5.56 Å². The van der Waals surface area contributed by atoms with Crippen molar-refractivity contribution in [3.05, 3.63) is 47.5 Å². The van der Waals surface area contributed by atoms with Crippen molar-refractivity contribution in [1.82, 2.24) is 19.7 Å². The van der Waals surface area contributed by atoms with Crippen LogP contribution in [0.1, 0.15) is 36.5 Å². The lowest BCUT2D eigenvalue weighted by atomic mass is 10.1. The summed E-state index contributed by atoms with van der Waals surface area (Å²) in [5.41, 5.74) is 1.23. The Morgan fingerprint density at radius 3 is 2.78 bits per heavy atom. The standard InChI is InChI=1S/C18H22N4O/c1-13-19-20-17-11-15-8-9-16(12-21(13)17)22(15)18(23)10-7-14-5-3-2-4-6-14/h2-6,15-16H,7-12H2,1H3. The molecule has 5 nitrogen and oxygen atoms in total. The lowest BCUT2D eigenvalue weighted by molar-refractivity contribution is -0.134. The van der Waals surface area contributed by atoms with Crippen molar-refractivity contribution in [1.29, 1.82) is 0 Å². The van der Waals surface area contributed by atoms with Crippen molar-refractivity contribution in [2.75, 3.05) is 0 Å². The van der Waals surface area contributed by atoms with Gasteiger partial charge in [0.05, 0.1) is 6.04 Å². The first-order valence-corrected chi connectivity index (χ1v) is 8.46. The van der Waals surface area contributed by atoms with Gasteiger partial charge in [-0.25, -0.2) is 0 Å². The Bertz CT molecular complexity index is 709. The molecule has 2 aliphatic rings. The molecule has 1 aromatic heterocycles. The van der Waals surface area contributed by atoms with E-state index < -0.39 is 0 Å². The fourth-order valence-corrected chi connectivity index (χ4v) is 4.01. The van der Waals surface area contributed by atoms with Gasteiger partial charge in [0.25, 0.3) is 0 Å². The van der Waals surface area contributed by atoms with Gasteiger partial charge in [0.2, 0.25) is 5.91 Å². The molecule has 2 atom stereocenters. The van der Waals surface area contributed by atoms with Crippen LogP contribution in [0.4, 0.5) is 0 Å². The van der Waals surface area contributed by atoms with Crippen molar-refractivity contribution < 1.29 is 4.79 Å². The van der Waals surface area contributed by atoms with Crippen LogP contribution in [0.5, 0.6) is 0 Å². The Hall–Kier alpha value is -2.17. The number of amides is 1. The molecule has 0 N–H and O–H groups in total. The summed E-state index contributed by atoms with van der Waals surface area (Å²) in [5, 5.41) is 8.49. The third kappa shape index (κ3) is 2.64. The minimum absolute atomic E-state index is 0.290. The molecule has 0 spiro atoms. The maximum Gasteiger partial charge on any atom is 0.223 e. The number of aromatic nitrogens is 3. The molecule has 120 valence electrons. The fraction of sp³-hybridized carbons (Fsp3) is 0.500. The maximum absolute atomic E-state index is 12.8. The van der Waals surface area contributed by atoms with Crippen molar-refractivity contribution in [3.8, 4) is 0 Å². The predicted molar refractivity (Wildman–Crippen MR) is 86.9 cm³/mol. The molecule has 1 amide bonds. The molecule has 1 fully saturated rings. The van der Waals surface area contributed by atoms with E-state index in [9.17, 15) is 4.79 Å². The van der Waals surface area contributed by atoms with Gasteiger partial charge in [-0.05, 0) is 31.7 Å². The number of carbonyl (C=O) groups excluding carboxylic acids is 1. The first-order chi connectivity index (χ1) is 11.2. The van der Waals surface area contributed by atoms with Gasteiger partial charge in [0, 0.05) is 25.4 Å². The van der Waals surface area contributed by atoms with Crippen LogP contribution < -0.4 is 0 Å². The number of aryl methyl sites for hydroxylation is 2. The number of rotatable bonds is 3. The molecular formula is C18H22N4O. The zero-order valence-corrected chi connectivity index (χ0v) is 13.5. The first-order valence-electron chi connectivity index (χ1n) is 8.46. The highest BCUT2D eigenvalue weighted by Gasteiger charge is 2.40. The molecule has 2 aromatic rings. The number of benzene rings is 1. The van der Waals surface area contributed by atoms with E-state index >= 15 is 0 Å². The third-order valence-electron chi connectivity index (χ3n) is 5.20. The monoisotopic (exact) mass is 310 g/mol. The van der Waals surface area contributed by atoms with E-state index in [-0.39, 0.29) is 5.91 Å². The Morgan fingerprint density at radius 2 is 1.96 bits per heavy atom. The highest BCUT2D eigenvalue weighted by Crippen LogP contribution is 2.32. The maximum atomic E-state index is 12.8. The van der Waals surface area contributed by atoms with Crippen molar-refractivity contribution in [2.45, 2.75) is 57.7 Å². The van der Waals surface area contributed by atoms with Crippen LogP contribution in [0.3, 0.4) is 0 Å². The lowest BCUT2D eigenvalue weighted by Crippen LogP contribution is -2.42. The van der Waals surface area contributed by atoms with Crippen molar-refractivity contribution in [3.63, 3.8) is 0 Å². The summed E-state index contributed by atoms with van der Waals surface area (Å²) in [4.78, 5) is 15.0. The molecule has 5 heteroatoms. The lowest BCUT2D eigenvalue weighted by Gasteiger charge is -2.28. The van der Waals surface area contributed by atoms with Gasteiger partial charge in [-0.15, -0.1) is 10.2 Å². The molecule has 0 radical (unpaired) electrons. The quantitative estimate of drug-likeness (QED) is 0.873. The minimum atomic E-state index is 0.290. The molecule has 4 rings (SSSR count). The van der Waals surface area contributed by atoms with Gasteiger partial charge in [-0.2, -0.15) is 0 Å². The number of fused-ring (bicyclic) bond motifs is 3. The summed E-state index contributed by atoms with van der Waals surface area (Å²) in [7, 11) is 0. The van der Waals surface area contributed by atoms with E-state index in [1.54, 1.807) is 0 Å². The SMILES string of the molecule is Cc1nnc2n1CC1CCC(C2)N1C(=O)CCc1ccccc1. The fourth-order valence-electron chi connectivity index (χ4n) is 4.01. The Morgan fingerprint density at radius 1 is 1.17 bits per heavy atom. The Kier molecular flexibility index (Phi) is 3.63. The Balaban J connectivity index is 1.48. The average Bonchev–Trinajstić information content (AvgIpc) is 3.05. The van der Waals surface area contributed by atoms with Gasteiger partial charge >= 0.3 is 0 Å². The highest BCUT2D eigenvalue weighted by molar-refractivity contribution is 5.77. The normalized spacial score (nSPS) is 22.7. The number of hydrogen-bond acceptors (Lipinski definition) is 3. The zero-order chi connectivity index (χ0) is 15.8. The molecule has 1 aromatic carbocycles. The van der Waals surface area contributed by atoms with E-state index in [0.29, 0.717) is 18.5 Å². The third-order valence-corrected chi connectivity index (χ3v) is 5.20. The van der Waals surface area contributed by atoms with Crippen LogP contribution in [0.25, 0.3) is 0 Å². The van der Waals surface area contributed by atoms with Crippen molar-refractivity contribution >= 4 is 5.91 Å². The molecule has 3 heterocycles. The minimum Gasteiger partial charge on any atom is -0.334 e. The van der Waals surface area contributed by atoms with E-state index in [0.717, 1.165) is 43.9 Å². The topological polar surface area (TPSA) is 51.0 Å². The second-order valence-corrected chi connectivity index (χ2v) is 6.65. The second-order valence-electron chi connectivity index (χ2n) is 6.65. The van der Waals surface area contributed by atoms with Gasteiger partial charge < -0.3 is 9.47 Å². The van der Waals surface area contributed by atoms with E-state index in [1.807, 2.05) is 25.1 Å². The molecular weight excluding hydrogens is 288 g/mol. The van der Waals surface area contributed by atoms with Crippen LogP contribution in [0.2, 0.25) is 0 Å². The number of carbonyl (C=O) groups is 1. The summed E-state index contributed by atoms with van der Waals surface area (Å²) in [5.74, 6) is 2.29. The average molecular weight is 310 g/mol. The molecule has 0 aliphatic carbocycles. The van der Waals surface area contributed by atoms with Crippen LogP contribution >= 0.6 is 0 Å². The van der Waals surface area contributed by atoms with E-state index in [2.05, 4.69) is 31.8 Å². The molecule has 2 unspecified atom stereocenters. The van der Waals surface area contributed by atoms with E-state index in [4.69, 9.17) is 0 Å².